The number of hydrogen-bond donors (Lipinski definition) is 1. The second kappa shape index (κ2) is 13.2. The molecular formula is C30H33NO4. The number of nitrogens with one attached hydrogen (secondary N) is 1. The molecule has 0 unspecified atom stereocenters. The summed E-state index contributed by atoms with van der Waals surface area (Å²) < 4.78 is 5.35. The van der Waals surface area contributed by atoms with Gasteiger partial charge in [0.25, 0.3) is 5.91 Å². The maximum Gasteiger partial charge on any atom is 0.329 e. The molecule has 0 saturated heterocycles. The van der Waals surface area contributed by atoms with Crippen molar-refractivity contribution in [3.63, 3.8) is 0 Å². The molecule has 0 saturated carbocycles. The minimum absolute atomic E-state index is 0.263. The van der Waals surface area contributed by atoms with Crippen molar-refractivity contribution in [3.05, 3.63) is 107 Å². The number of aryl methyl sites for hydroxylation is 2. The van der Waals surface area contributed by atoms with Crippen LogP contribution in [0.5, 0.6) is 0 Å². The lowest BCUT2D eigenvalue weighted by Gasteiger charge is -2.18. The summed E-state index contributed by atoms with van der Waals surface area (Å²) in [6, 6.07) is 23.2. The zero-order valence-corrected chi connectivity index (χ0v) is 20.5. The lowest BCUT2D eigenvalue weighted by molar-refractivity contribution is -0.144. The molecule has 1 atom stereocenters. The van der Waals surface area contributed by atoms with E-state index < -0.39 is 12.0 Å². The van der Waals surface area contributed by atoms with Gasteiger partial charge < -0.3 is 10.1 Å². The fourth-order valence-electron chi connectivity index (χ4n) is 3.74. The first-order chi connectivity index (χ1) is 17.0. The Balaban J connectivity index is 1.66. The van der Waals surface area contributed by atoms with Crippen molar-refractivity contribution in [2.45, 2.75) is 52.0 Å². The molecule has 0 fully saturated rings. The molecular weight excluding hydrogens is 438 g/mol. The van der Waals surface area contributed by atoms with Gasteiger partial charge in [-0.2, -0.15) is 0 Å². The van der Waals surface area contributed by atoms with E-state index in [1.165, 1.54) is 5.56 Å². The first-order valence-electron chi connectivity index (χ1n) is 12.2. The Labute approximate surface area is 207 Å². The molecule has 0 spiro atoms. The van der Waals surface area contributed by atoms with Gasteiger partial charge in [0.15, 0.2) is 12.4 Å². The molecule has 35 heavy (non-hydrogen) atoms. The molecule has 5 nitrogen and oxygen atoms in total. The van der Waals surface area contributed by atoms with Crippen LogP contribution in [0, 0.1) is 0 Å². The maximum absolute atomic E-state index is 12.9. The predicted octanol–water partition coefficient (Wildman–Crippen LogP) is 5.36. The monoisotopic (exact) mass is 471 g/mol. The maximum atomic E-state index is 12.9. The molecule has 0 heterocycles. The zero-order valence-electron chi connectivity index (χ0n) is 20.5. The van der Waals surface area contributed by atoms with Crippen molar-refractivity contribution in [1.29, 1.82) is 0 Å². The van der Waals surface area contributed by atoms with Crippen LogP contribution in [0.25, 0.3) is 0 Å². The lowest BCUT2D eigenvalue weighted by atomic mass is 10.0. The van der Waals surface area contributed by atoms with E-state index in [2.05, 4.69) is 12.2 Å². The van der Waals surface area contributed by atoms with Crippen LogP contribution in [0.1, 0.15) is 64.1 Å². The van der Waals surface area contributed by atoms with Crippen molar-refractivity contribution >= 4 is 17.7 Å². The van der Waals surface area contributed by atoms with Gasteiger partial charge in [-0.1, -0.05) is 87.0 Å². The SMILES string of the molecule is CCCCc1ccc(C(=O)N[C@H](Cc2ccccc2)C(=O)OCC(=O)c2ccc(CC)cc2)cc1. The Morgan fingerprint density at radius 3 is 2.03 bits per heavy atom. The summed E-state index contributed by atoms with van der Waals surface area (Å²) in [5.74, 6) is -1.28. The van der Waals surface area contributed by atoms with E-state index in [4.69, 9.17) is 4.74 Å². The summed E-state index contributed by atoms with van der Waals surface area (Å²) in [5.41, 5.74) is 4.15. The first kappa shape index (κ1) is 25.9. The third-order valence-electron chi connectivity index (χ3n) is 5.94. The summed E-state index contributed by atoms with van der Waals surface area (Å²) in [6.07, 6.45) is 4.32. The summed E-state index contributed by atoms with van der Waals surface area (Å²) in [6.45, 7) is 3.81. The van der Waals surface area contributed by atoms with E-state index in [-0.39, 0.29) is 24.7 Å². The van der Waals surface area contributed by atoms with E-state index in [1.54, 1.807) is 24.3 Å². The number of amides is 1. The highest BCUT2D eigenvalue weighted by Crippen LogP contribution is 2.11. The molecule has 0 aliphatic heterocycles. The normalized spacial score (nSPS) is 11.5. The Hall–Kier alpha value is -3.73. The fourth-order valence-corrected chi connectivity index (χ4v) is 3.74. The highest BCUT2D eigenvalue weighted by Gasteiger charge is 2.24. The van der Waals surface area contributed by atoms with Crippen LogP contribution in [0.4, 0.5) is 0 Å². The van der Waals surface area contributed by atoms with Gasteiger partial charge in [0.05, 0.1) is 0 Å². The summed E-state index contributed by atoms with van der Waals surface area (Å²) in [5, 5.41) is 2.80. The van der Waals surface area contributed by atoms with Crippen LogP contribution < -0.4 is 5.32 Å². The number of unbranched alkanes of at least 4 members (excludes halogenated alkanes) is 1. The average Bonchev–Trinajstić information content (AvgIpc) is 2.90. The summed E-state index contributed by atoms with van der Waals surface area (Å²) in [4.78, 5) is 38.4. The molecule has 0 aliphatic rings. The molecule has 182 valence electrons. The van der Waals surface area contributed by atoms with Crippen LogP contribution >= 0.6 is 0 Å². The van der Waals surface area contributed by atoms with E-state index in [9.17, 15) is 14.4 Å². The number of rotatable bonds is 12. The number of benzene rings is 3. The van der Waals surface area contributed by atoms with Gasteiger partial charge in [0.1, 0.15) is 6.04 Å². The molecule has 0 bridgehead atoms. The Morgan fingerprint density at radius 2 is 1.40 bits per heavy atom. The molecule has 3 aromatic rings. The number of Topliss-reactive ketones (excluding diaryl/α,β-unsaturated/α-hetero) is 1. The smallest absolute Gasteiger partial charge is 0.329 e. The second-order valence-corrected chi connectivity index (χ2v) is 8.60. The Morgan fingerprint density at radius 1 is 0.771 bits per heavy atom. The standard InChI is InChI=1S/C30H33NO4/c1-3-5-9-23-14-18-26(19-15-23)29(33)31-27(20-24-10-7-6-8-11-24)30(34)35-21-28(32)25-16-12-22(4-2)13-17-25/h6-8,10-19,27H,3-5,9,20-21H2,1-2H3,(H,31,33)/t27-/m1/s1. The van der Waals surface area contributed by atoms with Crippen LogP contribution in [-0.2, 0) is 28.8 Å². The lowest BCUT2D eigenvalue weighted by Crippen LogP contribution is -2.43. The third kappa shape index (κ3) is 7.92. The molecule has 0 aromatic heterocycles. The topological polar surface area (TPSA) is 72.5 Å². The fraction of sp³-hybridized carbons (Fsp3) is 0.300. The van der Waals surface area contributed by atoms with Gasteiger partial charge in [0.2, 0.25) is 0 Å². The van der Waals surface area contributed by atoms with Gasteiger partial charge in [-0.15, -0.1) is 0 Å². The number of ether oxygens (including phenoxy) is 1. The molecule has 1 N–H and O–H groups in total. The van der Waals surface area contributed by atoms with Gasteiger partial charge in [-0.25, -0.2) is 4.79 Å². The highest BCUT2D eigenvalue weighted by atomic mass is 16.5. The van der Waals surface area contributed by atoms with Crippen LogP contribution in [0.15, 0.2) is 78.9 Å². The highest BCUT2D eigenvalue weighted by molar-refractivity contribution is 5.99. The second-order valence-electron chi connectivity index (χ2n) is 8.60. The molecule has 0 aliphatic carbocycles. The quantitative estimate of drug-likeness (QED) is 0.285. The Bertz CT molecular complexity index is 1110. The summed E-state index contributed by atoms with van der Waals surface area (Å²) in [7, 11) is 0. The average molecular weight is 472 g/mol. The van der Waals surface area contributed by atoms with Crippen molar-refractivity contribution in [2.24, 2.45) is 0 Å². The molecule has 3 aromatic carbocycles. The first-order valence-corrected chi connectivity index (χ1v) is 12.2. The minimum atomic E-state index is -0.917. The number of ketones is 1. The summed E-state index contributed by atoms with van der Waals surface area (Å²) >= 11 is 0. The Kier molecular flexibility index (Phi) is 9.79. The minimum Gasteiger partial charge on any atom is -0.456 e. The molecule has 0 radical (unpaired) electrons. The van der Waals surface area contributed by atoms with Gasteiger partial charge in [-0.3, -0.25) is 9.59 Å². The van der Waals surface area contributed by atoms with Crippen molar-refractivity contribution < 1.29 is 19.1 Å². The van der Waals surface area contributed by atoms with Gasteiger partial charge in [0, 0.05) is 17.5 Å². The van der Waals surface area contributed by atoms with Crippen LogP contribution in [-0.4, -0.2) is 30.3 Å². The predicted molar refractivity (Wildman–Crippen MR) is 138 cm³/mol. The van der Waals surface area contributed by atoms with Crippen molar-refractivity contribution in [3.8, 4) is 0 Å². The van der Waals surface area contributed by atoms with Crippen LogP contribution in [0.2, 0.25) is 0 Å². The largest absolute Gasteiger partial charge is 0.456 e. The number of carbonyl (C=O) groups excluding carboxylic acids is 3. The third-order valence-corrected chi connectivity index (χ3v) is 5.94. The zero-order chi connectivity index (χ0) is 25.0. The van der Waals surface area contributed by atoms with Gasteiger partial charge in [-0.05, 0) is 48.1 Å². The van der Waals surface area contributed by atoms with Crippen LogP contribution in [0.3, 0.4) is 0 Å². The van der Waals surface area contributed by atoms with E-state index in [0.717, 1.165) is 36.8 Å². The van der Waals surface area contributed by atoms with E-state index in [1.807, 2.05) is 61.5 Å². The number of carbonyl (C=O) groups is 3. The molecule has 1 amide bonds. The van der Waals surface area contributed by atoms with Crippen molar-refractivity contribution in [1.82, 2.24) is 5.32 Å². The van der Waals surface area contributed by atoms with Gasteiger partial charge >= 0.3 is 5.97 Å². The van der Waals surface area contributed by atoms with Crippen molar-refractivity contribution in [2.75, 3.05) is 6.61 Å². The number of esters is 1. The molecule has 3 rings (SSSR count). The number of hydrogen-bond acceptors (Lipinski definition) is 4. The van der Waals surface area contributed by atoms with E-state index >= 15 is 0 Å². The van der Waals surface area contributed by atoms with E-state index in [0.29, 0.717) is 11.1 Å². The molecule has 5 heteroatoms.